The van der Waals surface area contributed by atoms with E-state index in [1.807, 2.05) is 30.3 Å². The third kappa shape index (κ3) is 8.87. The number of nitrogens with zero attached hydrogens (tertiary/aromatic N) is 5. The number of para-hydroxylation sites is 1. The molecule has 236 valence electrons. The number of anilines is 1. The van der Waals surface area contributed by atoms with Crippen molar-refractivity contribution < 1.29 is 22.7 Å². The molecule has 0 atom stereocenters. The summed E-state index contributed by atoms with van der Waals surface area (Å²) in [7, 11) is 0. The van der Waals surface area contributed by atoms with Gasteiger partial charge in [-0.1, -0.05) is 68.1 Å². The molecule has 8 nitrogen and oxygen atoms in total. The summed E-state index contributed by atoms with van der Waals surface area (Å²) in [5, 5.41) is 8.14. The number of ether oxygens (including phenoxy) is 1. The van der Waals surface area contributed by atoms with Gasteiger partial charge in [-0.25, -0.2) is 14.5 Å². The zero-order valence-electron chi connectivity index (χ0n) is 25.1. The molecule has 0 radical (unpaired) electrons. The van der Waals surface area contributed by atoms with E-state index in [-0.39, 0.29) is 11.8 Å². The molecule has 1 aliphatic heterocycles. The summed E-state index contributed by atoms with van der Waals surface area (Å²) in [5.41, 5.74) is 4.91. The van der Waals surface area contributed by atoms with Crippen molar-refractivity contribution in [3.63, 3.8) is 0 Å². The van der Waals surface area contributed by atoms with Gasteiger partial charge in [0.15, 0.2) is 11.0 Å². The molecule has 3 aromatic carbocycles. The van der Waals surface area contributed by atoms with Gasteiger partial charge in [0.2, 0.25) is 0 Å². The third-order valence-corrected chi connectivity index (χ3v) is 8.30. The van der Waals surface area contributed by atoms with Gasteiger partial charge in [0.1, 0.15) is 12.1 Å². The summed E-state index contributed by atoms with van der Waals surface area (Å²) in [4.78, 5) is 23.6. The Morgan fingerprint density at radius 2 is 1.80 bits per heavy atom. The zero-order valence-corrected chi connectivity index (χ0v) is 25.9. The topological polar surface area (TPSA) is 84.6 Å². The lowest BCUT2D eigenvalue weighted by Crippen LogP contribution is -2.36. The fourth-order valence-electron chi connectivity index (χ4n) is 5.01. The first-order chi connectivity index (χ1) is 21.7. The lowest BCUT2D eigenvalue weighted by atomic mass is 10.0. The van der Waals surface area contributed by atoms with E-state index in [9.17, 15) is 18.0 Å². The maximum absolute atomic E-state index is 12.7. The van der Waals surface area contributed by atoms with E-state index in [4.69, 9.17) is 0 Å². The normalized spacial score (nSPS) is 14.6. The quantitative estimate of drug-likeness (QED) is 0.178. The van der Waals surface area contributed by atoms with Crippen LogP contribution in [0.25, 0.3) is 17.1 Å². The Labute approximate surface area is 264 Å². The predicted molar refractivity (Wildman–Crippen MR) is 172 cm³/mol. The summed E-state index contributed by atoms with van der Waals surface area (Å²) in [6.07, 6.45) is 0.395. The average Bonchev–Trinajstić information content (AvgIpc) is 3.51. The summed E-state index contributed by atoms with van der Waals surface area (Å²) in [5.74, 6) is 1.52. The molecule has 45 heavy (non-hydrogen) atoms. The minimum Gasteiger partial charge on any atom is -0.406 e. The number of aliphatic imine (C=N–C) groups is 1. The van der Waals surface area contributed by atoms with E-state index in [1.54, 1.807) is 11.8 Å². The molecular weight excluding hydrogens is 601 g/mol. The molecule has 1 saturated heterocycles. The molecule has 4 aromatic rings. The Kier molecular flexibility index (Phi) is 10.4. The number of hydrogen-bond acceptors (Lipinski definition) is 5. The van der Waals surface area contributed by atoms with Crippen molar-refractivity contribution in [1.29, 1.82) is 0 Å². The number of carbonyl (C=O) groups is 1. The SMILES string of the molecule is CC(C)c1ccccc1N1CCCS/C1=N\C(=O)NCCCCc1ccc(-c2ncn(-c3ccc(OC(F)(F)F)cc3)n2)cc1. The van der Waals surface area contributed by atoms with Crippen molar-refractivity contribution in [1.82, 2.24) is 20.1 Å². The van der Waals surface area contributed by atoms with Crippen LogP contribution in [0.3, 0.4) is 0 Å². The van der Waals surface area contributed by atoms with Crippen molar-refractivity contribution >= 4 is 28.6 Å². The molecule has 0 saturated carbocycles. The molecule has 1 fully saturated rings. The fourth-order valence-corrected chi connectivity index (χ4v) is 5.96. The van der Waals surface area contributed by atoms with Crippen molar-refractivity contribution in [2.45, 2.75) is 51.8 Å². The summed E-state index contributed by atoms with van der Waals surface area (Å²) >= 11 is 1.62. The average molecular weight is 637 g/mol. The zero-order chi connectivity index (χ0) is 31.8. The maximum atomic E-state index is 12.7. The largest absolute Gasteiger partial charge is 0.573 e. The maximum Gasteiger partial charge on any atom is 0.573 e. The van der Waals surface area contributed by atoms with E-state index in [1.165, 1.54) is 40.8 Å². The number of alkyl halides is 3. The molecule has 2 amide bonds. The number of aryl methyl sites for hydroxylation is 1. The van der Waals surface area contributed by atoms with E-state index in [2.05, 4.69) is 62.1 Å². The molecule has 0 aliphatic carbocycles. The van der Waals surface area contributed by atoms with Gasteiger partial charge in [-0.2, -0.15) is 4.99 Å². The smallest absolute Gasteiger partial charge is 0.406 e. The van der Waals surface area contributed by atoms with Gasteiger partial charge >= 0.3 is 12.4 Å². The first kappa shape index (κ1) is 32.1. The van der Waals surface area contributed by atoms with Crippen molar-refractivity contribution in [2.75, 3.05) is 23.7 Å². The van der Waals surface area contributed by atoms with Crippen LogP contribution in [0, 0.1) is 0 Å². The van der Waals surface area contributed by atoms with Crippen LogP contribution >= 0.6 is 11.8 Å². The number of halogens is 3. The minimum absolute atomic E-state index is 0.299. The van der Waals surface area contributed by atoms with Crippen LogP contribution in [0.2, 0.25) is 0 Å². The second-order valence-electron chi connectivity index (χ2n) is 10.9. The number of nitrogens with one attached hydrogen (secondary N) is 1. The number of amidine groups is 1. The number of amides is 2. The molecule has 1 aromatic heterocycles. The van der Waals surface area contributed by atoms with Gasteiger partial charge in [-0.3, -0.25) is 0 Å². The Morgan fingerprint density at radius 1 is 1.04 bits per heavy atom. The number of carbonyl (C=O) groups excluding carboxylic acids is 1. The highest BCUT2D eigenvalue weighted by molar-refractivity contribution is 8.14. The van der Waals surface area contributed by atoms with Gasteiger partial charge in [0, 0.05) is 30.1 Å². The molecule has 1 N–H and O–H groups in total. The Balaban J connectivity index is 1.08. The molecular formula is C33H35F3N6O2S. The summed E-state index contributed by atoms with van der Waals surface area (Å²) in [6.45, 7) is 5.74. The van der Waals surface area contributed by atoms with Crippen LogP contribution in [-0.2, 0) is 6.42 Å². The van der Waals surface area contributed by atoms with Crippen LogP contribution in [-0.4, -0.2) is 51.2 Å². The molecule has 1 aliphatic rings. The predicted octanol–water partition coefficient (Wildman–Crippen LogP) is 7.99. The van der Waals surface area contributed by atoms with E-state index >= 15 is 0 Å². The molecule has 5 rings (SSSR count). The molecule has 0 unspecified atom stereocenters. The second kappa shape index (κ2) is 14.6. The molecule has 0 spiro atoms. The number of urea groups is 1. The van der Waals surface area contributed by atoms with E-state index < -0.39 is 6.36 Å². The second-order valence-corrected chi connectivity index (χ2v) is 12.0. The number of unbranched alkanes of at least 4 members (excludes halogenated alkanes) is 1. The van der Waals surface area contributed by atoms with Gasteiger partial charge in [0.05, 0.1) is 5.69 Å². The molecule has 12 heteroatoms. The highest BCUT2D eigenvalue weighted by Crippen LogP contribution is 2.32. The van der Waals surface area contributed by atoms with E-state index in [0.29, 0.717) is 24.0 Å². The van der Waals surface area contributed by atoms with Gasteiger partial charge in [-0.15, -0.1) is 18.3 Å². The van der Waals surface area contributed by atoms with Gasteiger partial charge in [0.25, 0.3) is 0 Å². The number of thioether (sulfide) groups is 1. The van der Waals surface area contributed by atoms with Gasteiger partial charge < -0.3 is 15.0 Å². The van der Waals surface area contributed by atoms with Crippen LogP contribution in [0.15, 0.2) is 84.1 Å². The lowest BCUT2D eigenvalue weighted by Gasteiger charge is -2.31. The number of rotatable bonds is 10. The Hall–Kier alpha value is -4.32. The highest BCUT2D eigenvalue weighted by Gasteiger charge is 2.31. The third-order valence-electron chi connectivity index (χ3n) is 7.24. The first-order valence-electron chi connectivity index (χ1n) is 14.9. The van der Waals surface area contributed by atoms with Crippen LogP contribution in [0.4, 0.5) is 23.7 Å². The minimum atomic E-state index is -4.74. The van der Waals surface area contributed by atoms with Crippen LogP contribution < -0.4 is 15.0 Å². The fraction of sp³-hybridized carbons (Fsp3) is 0.333. The number of hydrogen-bond donors (Lipinski definition) is 1. The molecule has 2 heterocycles. The number of benzene rings is 3. The van der Waals surface area contributed by atoms with E-state index in [0.717, 1.165) is 60.0 Å². The summed E-state index contributed by atoms with van der Waals surface area (Å²) < 4.78 is 42.6. The lowest BCUT2D eigenvalue weighted by molar-refractivity contribution is -0.274. The highest BCUT2D eigenvalue weighted by atomic mass is 32.2. The standard InChI is InChI=1S/C33H35F3N6O2S/c1-23(2)28-9-3-4-10-29(28)41-20-7-21-45-32(41)39-31(43)37-19-6-5-8-24-11-13-25(14-12-24)30-38-22-42(40-30)26-15-17-27(18-16-26)44-33(34,35)36/h3-4,9-18,22-23H,5-8,19-21H2,1-2H3,(H,37,43)/b39-32-. The van der Waals surface area contributed by atoms with Crippen molar-refractivity contribution in [3.05, 3.63) is 90.3 Å². The monoisotopic (exact) mass is 636 g/mol. The van der Waals surface area contributed by atoms with Crippen LogP contribution in [0.5, 0.6) is 5.75 Å². The number of aromatic nitrogens is 3. The molecule has 0 bridgehead atoms. The Morgan fingerprint density at radius 3 is 2.53 bits per heavy atom. The van der Waals surface area contributed by atoms with Gasteiger partial charge in [-0.05, 0) is 73.1 Å². The van der Waals surface area contributed by atoms with Crippen LogP contribution in [0.1, 0.15) is 50.2 Å². The van der Waals surface area contributed by atoms with Crippen molar-refractivity contribution in [2.24, 2.45) is 4.99 Å². The summed E-state index contributed by atoms with van der Waals surface area (Å²) in [6, 6.07) is 21.4. The van der Waals surface area contributed by atoms with Crippen molar-refractivity contribution in [3.8, 4) is 22.8 Å². The Bertz CT molecular complexity index is 1600. The first-order valence-corrected chi connectivity index (χ1v) is 15.9.